The molecule has 38 valence electrons. The molecule has 0 unspecified atom stereocenters. The predicted molar refractivity (Wildman–Crippen MR) is 29.2 cm³/mol. The van der Waals surface area contributed by atoms with Gasteiger partial charge in [-0.2, -0.15) is 6.92 Å². The molecule has 0 aliphatic rings. The van der Waals surface area contributed by atoms with Crippen molar-refractivity contribution in [2.75, 3.05) is 0 Å². The standard InChI is InChI=1S/C2H5.CH3.2ClH.Zr/c1-2;;;;/h1H2,2H3;1H3;2*1H;/q2*-1;;;+4/p-2. The van der Waals surface area contributed by atoms with E-state index >= 15 is 0 Å². The molecule has 0 aromatic carbocycles. The van der Waals surface area contributed by atoms with Gasteiger partial charge in [0.05, 0.1) is 0 Å². The topological polar surface area (TPSA) is 0 Å². The third kappa shape index (κ3) is 50.8. The van der Waals surface area contributed by atoms with Gasteiger partial charge >= 0.3 is 37.9 Å². The Hall–Kier alpha value is 1.46. The molecule has 0 spiro atoms. The number of hydrogen-bond acceptors (Lipinski definition) is 0. The average Bonchev–Trinajstić information content (AvgIpc) is 1.46. The molecule has 3 heteroatoms. The maximum absolute atomic E-state index is 4.93. The van der Waals surface area contributed by atoms with E-state index in [1.54, 1.807) is 6.92 Å². The van der Waals surface area contributed by atoms with Crippen molar-refractivity contribution in [3.05, 3.63) is 14.4 Å². The van der Waals surface area contributed by atoms with Gasteiger partial charge in [0, 0.05) is 0 Å². The molecule has 0 aliphatic heterocycles. The van der Waals surface area contributed by atoms with E-state index in [1.807, 2.05) is 0 Å². The van der Waals surface area contributed by atoms with E-state index in [2.05, 4.69) is 6.92 Å². The third-order valence-corrected chi connectivity index (χ3v) is 0. The Morgan fingerprint density at radius 3 is 1.33 bits per heavy atom. The van der Waals surface area contributed by atoms with Crippen LogP contribution in [0.5, 0.6) is 0 Å². The molecule has 6 heavy (non-hydrogen) atoms. The summed E-state index contributed by atoms with van der Waals surface area (Å²) in [5, 5.41) is 0. The van der Waals surface area contributed by atoms with Gasteiger partial charge in [0.2, 0.25) is 0 Å². The van der Waals surface area contributed by atoms with Gasteiger partial charge in [0.1, 0.15) is 0 Å². The Morgan fingerprint density at radius 2 is 1.33 bits per heavy atom. The second-order valence-corrected chi connectivity index (χ2v) is 3.80. The van der Waals surface area contributed by atoms with E-state index in [0.29, 0.717) is 0 Å². The Bertz CT molecular complexity index is 8.75. The van der Waals surface area contributed by atoms with Crippen molar-refractivity contribution in [2.24, 2.45) is 0 Å². The molecule has 0 nitrogen and oxygen atoms in total. The molecule has 0 atom stereocenters. The van der Waals surface area contributed by atoms with Gasteiger partial charge in [-0.1, -0.05) is 0 Å². The fourth-order valence-electron chi connectivity index (χ4n) is 0. The van der Waals surface area contributed by atoms with Crippen LogP contribution in [0.4, 0.5) is 0 Å². The van der Waals surface area contributed by atoms with Crippen LogP contribution in [0.2, 0.25) is 0 Å². The number of hydrogen-bond donors (Lipinski definition) is 0. The van der Waals surface area contributed by atoms with Gasteiger partial charge in [-0.15, -0.1) is 0 Å². The van der Waals surface area contributed by atoms with Crippen LogP contribution in [-0.2, 0) is 20.8 Å². The first-order valence-electron chi connectivity index (χ1n) is 1.09. The third-order valence-electron chi connectivity index (χ3n) is 0. The summed E-state index contributed by atoms with van der Waals surface area (Å²) < 4.78 is 0. The van der Waals surface area contributed by atoms with Crippen LogP contribution < -0.4 is 0 Å². The molecular formula is C3H8Cl2Zr. The number of rotatable bonds is 0. The predicted octanol–water partition coefficient (Wildman–Crippen LogP) is 2.67. The van der Waals surface area contributed by atoms with Gasteiger partial charge in [-0.05, 0) is 0 Å². The quantitative estimate of drug-likeness (QED) is 0.534. The van der Waals surface area contributed by atoms with Gasteiger partial charge in [-0.25, -0.2) is 0 Å². The van der Waals surface area contributed by atoms with Crippen molar-refractivity contribution in [3.63, 3.8) is 0 Å². The summed E-state index contributed by atoms with van der Waals surface area (Å²) in [4.78, 5) is 0. The van der Waals surface area contributed by atoms with E-state index in [4.69, 9.17) is 17.0 Å². The second kappa shape index (κ2) is 31.8. The van der Waals surface area contributed by atoms with E-state index in [9.17, 15) is 0 Å². The molecule has 0 rings (SSSR count). The Labute approximate surface area is 58.9 Å². The molecular weight excluding hydrogens is 198 g/mol. The van der Waals surface area contributed by atoms with Crippen molar-refractivity contribution in [2.45, 2.75) is 6.92 Å². The van der Waals surface area contributed by atoms with Crippen molar-refractivity contribution >= 4 is 17.0 Å². The van der Waals surface area contributed by atoms with Crippen LogP contribution in [-0.4, -0.2) is 0 Å². The zero-order chi connectivity index (χ0) is 4.71. The van der Waals surface area contributed by atoms with E-state index in [-0.39, 0.29) is 7.43 Å². The van der Waals surface area contributed by atoms with Crippen molar-refractivity contribution in [1.82, 2.24) is 0 Å². The van der Waals surface area contributed by atoms with Crippen molar-refractivity contribution in [1.29, 1.82) is 0 Å². The monoisotopic (exact) mass is 204 g/mol. The maximum atomic E-state index is 4.93. The Morgan fingerprint density at radius 1 is 1.33 bits per heavy atom. The Kier molecular flexibility index (Phi) is 82.9. The molecule has 0 saturated heterocycles. The van der Waals surface area contributed by atoms with E-state index in [1.165, 1.54) is 0 Å². The summed E-state index contributed by atoms with van der Waals surface area (Å²) in [7, 11) is 9.87. The summed E-state index contributed by atoms with van der Waals surface area (Å²) in [6.45, 7) is 5.00. The normalized spacial score (nSPS) is 2.67. The molecule has 0 aromatic heterocycles. The molecule has 0 N–H and O–H groups in total. The molecule has 0 amide bonds. The van der Waals surface area contributed by atoms with E-state index in [0.717, 1.165) is 0 Å². The van der Waals surface area contributed by atoms with Gasteiger partial charge in [-0.3, -0.25) is 0 Å². The van der Waals surface area contributed by atoms with Crippen LogP contribution >= 0.6 is 17.0 Å². The molecule has 0 aliphatic carbocycles. The van der Waals surface area contributed by atoms with Gasteiger partial charge in [0.15, 0.2) is 0 Å². The molecule has 0 fully saturated rings. The fraction of sp³-hybridized carbons (Fsp3) is 0.333. The average molecular weight is 206 g/mol. The fourth-order valence-corrected chi connectivity index (χ4v) is 0. The summed E-state index contributed by atoms with van der Waals surface area (Å²) in [6.07, 6.45) is 0. The summed E-state index contributed by atoms with van der Waals surface area (Å²) in [6, 6.07) is 0. The zero-order valence-electron chi connectivity index (χ0n) is 3.96. The minimum atomic E-state index is -0.826. The van der Waals surface area contributed by atoms with Crippen LogP contribution in [0, 0.1) is 14.4 Å². The van der Waals surface area contributed by atoms with Crippen molar-refractivity contribution < 1.29 is 20.8 Å². The number of halogens is 2. The molecule has 0 saturated carbocycles. The summed E-state index contributed by atoms with van der Waals surface area (Å²) >= 11 is -0.826. The minimum absolute atomic E-state index is 0. The molecule has 0 bridgehead atoms. The van der Waals surface area contributed by atoms with Gasteiger partial charge < -0.3 is 14.4 Å². The Balaban J connectivity index is -0.0000000275. The molecule has 0 heterocycles. The first-order chi connectivity index (χ1) is 2.41. The SMILES string of the molecule is [CH2-]C.[CH3-].[Cl][Zr+2][Cl]. The first-order valence-corrected chi connectivity index (χ1v) is 7.42. The molecule has 0 aromatic rings. The van der Waals surface area contributed by atoms with Crippen molar-refractivity contribution in [3.8, 4) is 0 Å². The van der Waals surface area contributed by atoms with Crippen LogP contribution in [0.15, 0.2) is 0 Å². The summed E-state index contributed by atoms with van der Waals surface area (Å²) in [5.41, 5.74) is 0. The van der Waals surface area contributed by atoms with Crippen LogP contribution in [0.25, 0.3) is 0 Å². The van der Waals surface area contributed by atoms with Crippen LogP contribution in [0.1, 0.15) is 6.92 Å². The molecule has 0 radical (unpaired) electrons. The first kappa shape index (κ1) is 15.7. The zero-order valence-corrected chi connectivity index (χ0v) is 7.93. The van der Waals surface area contributed by atoms with Crippen LogP contribution in [0.3, 0.4) is 0 Å². The van der Waals surface area contributed by atoms with E-state index < -0.39 is 20.8 Å². The van der Waals surface area contributed by atoms with Gasteiger partial charge in [0.25, 0.3) is 0 Å². The summed E-state index contributed by atoms with van der Waals surface area (Å²) in [5.74, 6) is 0. The second-order valence-electron chi connectivity index (χ2n) is 0.0714.